The Morgan fingerprint density at radius 2 is 1.42 bits per heavy atom. The van der Waals surface area contributed by atoms with Gasteiger partial charge in [0.15, 0.2) is 0 Å². The average molecular weight is 442 g/mol. The summed E-state index contributed by atoms with van der Waals surface area (Å²) in [5.41, 5.74) is 2.69. The van der Waals surface area contributed by atoms with E-state index in [9.17, 15) is 4.79 Å². The van der Waals surface area contributed by atoms with Crippen molar-refractivity contribution >= 4 is 12.1 Å². The molecule has 1 amide bonds. The summed E-state index contributed by atoms with van der Waals surface area (Å²) in [6.07, 6.45) is 0.425. The predicted octanol–water partition coefficient (Wildman–Crippen LogP) is 5.91. The van der Waals surface area contributed by atoms with Crippen molar-refractivity contribution in [1.29, 1.82) is 0 Å². The Labute approximate surface area is 196 Å². The van der Waals surface area contributed by atoms with Crippen molar-refractivity contribution in [3.05, 3.63) is 108 Å². The molecule has 33 heavy (non-hydrogen) atoms. The first-order valence-corrected chi connectivity index (χ1v) is 11.4. The Morgan fingerprint density at radius 3 is 2.00 bits per heavy atom. The van der Waals surface area contributed by atoms with Crippen LogP contribution in [0, 0.1) is 0 Å². The maximum Gasteiger partial charge on any atom is 0.417 e. The van der Waals surface area contributed by atoms with Crippen LogP contribution in [0.15, 0.2) is 96.0 Å². The van der Waals surface area contributed by atoms with Crippen LogP contribution in [0.2, 0.25) is 0 Å². The van der Waals surface area contributed by atoms with E-state index in [1.54, 1.807) is 4.90 Å². The van der Waals surface area contributed by atoms with Gasteiger partial charge in [0.2, 0.25) is 5.96 Å². The molecule has 5 nitrogen and oxygen atoms in total. The molecule has 1 aliphatic rings. The highest BCUT2D eigenvalue weighted by atomic mass is 16.6. The number of nitrogens with zero attached hydrogens (tertiary/aromatic N) is 2. The molecule has 1 heterocycles. The van der Waals surface area contributed by atoms with Crippen molar-refractivity contribution in [2.75, 3.05) is 6.54 Å². The van der Waals surface area contributed by atoms with Crippen LogP contribution in [-0.4, -0.2) is 29.1 Å². The van der Waals surface area contributed by atoms with Gasteiger partial charge < -0.3 is 10.1 Å². The zero-order valence-electron chi connectivity index (χ0n) is 19.4. The lowest BCUT2D eigenvalue weighted by molar-refractivity contribution is 0.0310. The molecule has 2 atom stereocenters. The third-order valence-corrected chi connectivity index (χ3v) is 5.48. The lowest BCUT2D eigenvalue weighted by Gasteiger charge is -2.31. The first-order chi connectivity index (χ1) is 15.9. The van der Waals surface area contributed by atoms with Crippen LogP contribution in [0.1, 0.15) is 49.5 Å². The van der Waals surface area contributed by atoms with Crippen LogP contribution in [0.25, 0.3) is 0 Å². The predicted molar refractivity (Wildman–Crippen MR) is 132 cm³/mol. The van der Waals surface area contributed by atoms with Crippen LogP contribution >= 0.6 is 0 Å². The molecule has 0 aromatic heterocycles. The maximum atomic E-state index is 13.4. The molecule has 0 aliphatic carbocycles. The molecular formula is C28H31N3O2. The summed E-state index contributed by atoms with van der Waals surface area (Å²) < 4.78 is 5.82. The number of hydrogen-bond donors (Lipinski definition) is 1. The van der Waals surface area contributed by atoms with Gasteiger partial charge in [0.1, 0.15) is 11.6 Å². The van der Waals surface area contributed by atoms with E-state index in [0.29, 0.717) is 12.5 Å². The summed E-state index contributed by atoms with van der Waals surface area (Å²) >= 11 is 0. The maximum absolute atomic E-state index is 13.4. The molecule has 1 aliphatic heterocycles. The molecule has 0 spiro atoms. The third-order valence-electron chi connectivity index (χ3n) is 5.48. The molecule has 4 rings (SSSR count). The topological polar surface area (TPSA) is 53.9 Å². The number of aliphatic imine (C=N–C) groups is 1. The molecule has 0 saturated carbocycles. The van der Waals surface area contributed by atoms with Gasteiger partial charge in [0, 0.05) is 6.54 Å². The smallest absolute Gasteiger partial charge is 0.417 e. The lowest BCUT2D eigenvalue weighted by atomic mass is 9.94. The molecule has 1 N–H and O–H groups in total. The molecule has 5 heteroatoms. The summed E-state index contributed by atoms with van der Waals surface area (Å²) in [5, 5.41) is 3.42. The number of carbonyl (C=O) groups excluding carboxylic acids is 1. The number of rotatable bonds is 5. The minimum absolute atomic E-state index is 0.236. The lowest BCUT2D eigenvalue weighted by Crippen LogP contribution is -2.46. The van der Waals surface area contributed by atoms with Gasteiger partial charge in [0.05, 0.1) is 6.04 Å². The molecule has 3 aromatic rings. The summed E-state index contributed by atoms with van der Waals surface area (Å²) in [5.74, 6) is 0.544. The fourth-order valence-electron chi connectivity index (χ4n) is 4.03. The fourth-order valence-corrected chi connectivity index (χ4v) is 4.03. The standard InChI is InChI=1S/C28H31N3O2/c1-28(2,3)33-27(32)31-25(23-17-11-6-12-18-23)24(22-15-9-5-10-16-22)30-26(31)29-20-19-21-13-7-4-8-14-21/h4-18,24-25H,19-20H2,1-3H3,(H,29,30). The molecule has 0 fully saturated rings. The van der Waals surface area contributed by atoms with Gasteiger partial charge in [-0.3, -0.25) is 0 Å². The zero-order chi connectivity index (χ0) is 23.3. The van der Waals surface area contributed by atoms with Gasteiger partial charge in [-0.05, 0) is 43.9 Å². The second kappa shape index (κ2) is 9.90. The number of hydrogen-bond acceptors (Lipinski definition) is 4. The first-order valence-electron chi connectivity index (χ1n) is 11.4. The summed E-state index contributed by atoms with van der Waals surface area (Å²) in [7, 11) is 0. The van der Waals surface area contributed by atoms with E-state index in [1.165, 1.54) is 5.56 Å². The fraction of sp³-hybridized carbons (Fsp3) is 0.286. The van der Waals surface area contributed by atoms with Gasteiger partial charge in [-0.2, -0.15) is 0 Å². The van der Waals surface area contributed by atoms with E-state index in [-0.39, 0.29) is 12.1 Å². The monoisotopic (exact) mass is 441 g/mol. The largest absolute Gasteiger partial charge is 0.443 e. The van der Waals surface area contributed by atoms with Crippen molar-refractivity contribution in [1.82, 2.24) is 10.2 Å². The first kappa shape index (κ1) is 22.6. The van der Waals surface area contributed by atoms with Crippen molar-refractivity contribution in [2.45, 2.75) is 44.9 Å². The second-order valence-corrected chi connectivity index (χ2v) is 9.18. The van der Waals surface area contributed by atoms with Crippen molar-refractivity contribution in [3.8, 4) is 0 Å². The molecule has 0 saturated heterocycles. The summed E-state index contributed by atoms with van der Waals surface area (Å²) in [6, 6.07) is 29.9. The molecule has 0 radical (unpaired) electrons. The van der Waals surface area contributed by atoms with Crippen LogP contribution in [0.5, 0.6) is 0 Å². The number of amides is 1. The highest BCUT2D eigenvalue weighted by molar-refractivity contribution is 5.96. The van der Waals surface area contributed by atoms with Gasteiger partial charge in [-0.15, -0.1) is 0 Å². The minimum Gasteiger partial charge on any atom is -0.443 e. The van der Waals surface area contributed by atoms with Crippen molar-refractivity contribution in [2.24, 2.45) is 4.99 Å². The highest BCUT2D eigenvalue weighted by Crippen LogP contribution is 2.42. The minimum atomic E-state index is -0.613. The van der Waals surface area contributed by atoms with Gasteiger partial charge in [-0.1, -0.05) is 91.0 Å². The second-order valence-electron chi connectivity index (χ2n) is 9.18. The van der Waals surface area contributed by atoms with E-state index in [0.717, 1.165) is 17.5 Å². The quantitative estimate of drug-likeness (QED) is 0.536. The van der Waals surface area contributed by atoms with E-state index in [2.05, 4.69) is 29.6 Å². The molecule has 170 valence electrons. The van der Waals surface area contributed by atoms with Crippen LogP contribution in [-0.2, 0) is 11.2 Å². The Kier molecular flexibility index (Phi) is 6.78. The Hall–Kier alpha value is -3.60. The van der Waals surface area contributed by atoms with E-state index in [1.807, 2.05) is 87.5 Å². The van der Waals surface area contributed by atoms with Gasteiger partial charge in [-0.25, -0.2) is 14.7 Å². The van der Waals surface area contributed by atoms with Crippen LogP contribution in [0.3, 0.4) is 0 Å². The molecule has 2 unspecified atom stereocenters. The Bertz CT molecular complexity index is 1080. The number of benzene rings is 3. The van der Waals surface area contributed by atoms with Crippen LogP contribution < -0.4 is 5.32 Å². The number of carbonyl (C=O) groups is 1. The summed E-state index contributed by atoms with van der Waals surface area (Å²) in [4.78, 5) is 20.1. The zero-order valence-corrected chi connectivity index (χ0v) is 19.4. The van der Waals surface area contributed by atoms with E-state index >= 15 is 0 Å². The third kappa shape index (κ3) is 5.61. The molecule has 0 bridgehead atoms. The van der Waals surface area contributed by atoms with Gasteiger partial charge in [0.25, 0.3) is 0 Å². The SMILES string of the molecule is CC(C)(C)OC(=O)N1C(NCCc2ccccc2)=NC(c2ccccc2)C1c1ccccc1. The number of guanidine groups is 1. The molecular weight excluding hydrogens is 410 g/mol. The van der Waals surface area contributed by atoms with Crippen LogP contribution in [0.4, 0.5) is 4.79 Å². The van der Waals surface area contributed by atoms with Crippen molar-refractivity contribution in [3.63, 3.8) is 0 Å². The normalized spacial score (nSPS) is 18.0. The number of ether oxygens (including phenoxy) is 1. The van der Waals surface area contributed by atoms with Crippen molar-refractivity contribution < 1.29 is 9.53 Å². The number of nitrogens with one attached hydrogen (secondary N) is 1. The Morgan fingerprint density at radius 1 is 0.879 bits per heavy atom. The van der Waals surface area contributed by atoms with E-state index < -0.39 is 11.7 Å². The Balaban J connectivity index is 1.68. The average Bonchev–Trinajstić information content (AvgIpc) is 3.19. The summed E-state index contributed by atoms with van der Waals surface area (Å²) in [6.45, 7) is 6.30. The van der Waals surface area contributed by atoms with E-state index in [4.69, 9.17) is 9.73 Å². The highest BCUT2D eigenvalue weighted by Gasteiger charge is 2.43. The van der Waals surface area contributed by atoms with Gasteiger partial charge >= 0.3 is 6.09 Å². The molecule has 3 aromatic carbocycles.